The number of nitrogens with zero attached hydrogens (tertiary/aromatic N) is 2. The molecule has 4 nitrogen and oxygen atoms in total. The highest BCUT2D eigenvalue weighted by Crippen LogP contribution is 2.23. The standard InChI is InChI=1S/C17H22ClN3O/c1-11-9-16(17(22)20(4)12(2)10-19)13(3)21(11)15-7-5-14(18)6-8-15/h5-9,12H,10,19H2,1-4H3. The van der Waals surface area contributed by atoms with Crippen molar-refractivity contribution in [3.63, 3.8) is 0 Å². The predicted molar refractivity (Wildman–Crippen MR) is 90.9 cm³/mol. The quantitative estimate of drug-likeness (QED) is 0.941. The smallest absolute Gasteiger partial charge is 0.255 e. The lowest BCUT2D eigenvalue weighted by molar-refractivity contribution is 0.0747. The van der Waals surface area contributed by atoms with Crippen LogP contribution in [0, 0.1) is 13.8 Å². The maximum atomic E-state index is 12.7. The minimum atomic E-state index is -0.00809. The number of hydrogen-bond donors (Lipinski definition) is 1. The van der Waals surface area contributed by atoms with E-state index in [2.05, 4.69) is 4.57 Å². The van der Waals surface area contributed by atoms with E-state index in [0.29, 0.717) is 17.1 Å². The number of nitrogens with two attached hydrogens (primary N) is 1. The molecule has 1 aromatic carbocycles. The third-order valence-electron chi connectivity index (χ3n) is 4.07. The second-order valence-electron chi connectivity index (χ2n) is 5.60. The molecule has 1 amide bonds. The number of rotatable bonds is 4. The van der Waals surface area contributed by atoms with Gasteiger partial charge in [0.2, 0.25) is 0 Å². The van der Waals surface area contributed by atoms with Gasteiger partial charge >= 0.3 is 0 Å². The maximum Gasteiger partial charge on any atom is 0.255 e. The van der Waals surface area contributed by atoms with Crippen molar-refractivity contribution in [2.24, 2.45) is 5.73 Å². The minimum absolute atomic E-state index is 0.00564. The molecule has 1 atom stereocenters. The molecule has 1 aromatic heterocycles. The van der Waals surface area contributed by atoms with Gasteiger partial charge in [-0.05, 0) is 51.1 Å². The van der Waals surface area contributed by atoms with Crippen molar-refractivity contribution in [3.8, 4) is 5.69 Å². The van der Waals surface area contributed by atoms with Crippen LogP contribution in [0.4, 0.5) is 0 Å². The van der Waals surface area contributed by atoms with Gasteiger partial charge < -0.3 is 15.2 Å². The van der Waals surface area contributed by atoms with Crippen molar-refractivity contribution >= 4 is 17.5 Å². The third kappa shape index (κ3) is 3.03. The van der Waals surface area contributed by atoms with Crippen LogP contribution in [0.3, 0.4) is 0 Å². The molecule has 0 saturated carbocycles. The van der Waals surface area contributed by atoms with E-state index in [4.69, 9.17) is 17.3 Å². The Labute approximate surface area is 136 Å². The topological polar surface area (TPSA) is 51.3 Å². The molecule has 0 aliphatic carbocycles. The van der Waals surface area contributed by atoms with Crippen molar-refractivity contribution < 1.29 is 4.79 Å². The number of carbonyl (C=O) groups excluding carboxylic acids is 1. The van der Waals surface area contributed by atoms with Crippen LogP contribution in [0.1, 0.15) is 28.7 Å². The van der Waals surface area contributed by atoms with Gasteiger partial charge in [0.1, 0.15) is 0 Å². The van der Waals surface area contributed by atoms with Crippen LogP contribution in [0.25, 0.3) is 5.69 Å². The summed E-state index contributed by atoms with van der Waals surface area (Å²) in [5.74, 6) is -0.00809. The number of benzene rings is 1. The zero-order valence-corrected chi connectivity index (χ0v) is 14.2. The van der Waals surface area contributed by atoms with Gasteiger partial charge in [0.05, 0.1) is 5.56 Å². The number of amides is 1. The molecule has 118 valence electrons. The Bertz CT molecular complexity index is 676. The zero-order valence-electron chi connectivity index (χ0n) is 13.4. The Morgan fingerprint density at radius 3 is 2.45 bits per heavy atom. The molecular formula is C17H22ClN3O. The van der Waals surface area contributed by atoms with Gasteiger partial charge in [0.25, 0.3) is 5.91 Å². The molecule has 5 heteroatoms. The van der Waals surface area contributed by atoms with Gasteiger partial charge in [-0.3, -0.25) is 4.79 Å². The van der Waals surface area contributed by atoms with Crippen LogP contribution in [-0.2, 0) is 0 Å². The molecular weight excluding hydrogens is 298 g/mol. The SMILES string of the molecule is Cc1cc(C(=O)N(C)C(C)CN)c(C)n1-c1ccc(Cl)cc1. The summed E-state index contributed by atoms with van der Waals surface area (Å²) >= 11 is 5.94. The Morgan fingerprint density at radius 2 is 1.91 bits per heavy atom. The highest BCUT2D eigenvalue weighted by Gasteiger charge is 2.22. The van der Waals surface area contributed by atoms with Gasteiger partial charge in [-0.1, -0.05) is 11.6 Å². The fraction of sp³-hybridized carbons (Fsp3) is 0.353. The molecule has 2 rings (SSSR count). The first-order chi connectivity index (χ1) is 10.4. The normalized spacial score (nSPS) is 12.3. The Balaban J connectivity index is 2.43. The Hall–Kier alpha value is -1.78. The van der Waals surface area contributed by atoms with Gasteiger partial charge in [0.15, 0.2) is 0 Å². The van der Waals surface area contributed by atoms with Crippen molar-refractivity contribution in [2.45, 2.75) is 26.8 Å². The molecule has 2 N–H and O–H groups in total. The lowest BCUT2D eigenvalue weighted by Gasteiger charge is -2.23. The van der Waals surface area contributed by atoms with Gasteiger partial charge in [-0.2, -0.15) is 0 Å². The number of carbonyl (C=O) groups is 1. The van der Waals surface area contributed by atoms with E-state index in [0.717, 1.165) is 17.1 Å². The molecule has 22 heavy (non-hydrogen) atoms. The first-order valence-corrected chi connectivity index (χ1v) is 7.66. The summed E-state index contributed by atoms with van der Waals surface area (Å²) in [6.45, 7) is 6.33. The van der Waals surface area contributed by atoms with Crippen LogP contribution in [0.5, 0.6) is 0 Å². The van der Waals surface area contributed by atoms with Crippen LogP contribution in [0.15, 0.2) is 30.3 Å². The van der Waals surface area contributed by atoms with E-state index >= 15 is 0 Å². The fourth-order valence-corrected chi connectivity index (χ4v) is 2.64. The molecule has 1 heterocycles. The minimum Gasteiger partial charge on any atom is -0.338 e. The number of likely N-dealkylation sites (N-methyl/N-ethyl adjacent to an activating group) is 1. The molecule has 0 aliphatic rings. The van der Waals surface area contributed by atoms with Crippen LogP contribution in [-0.4, -0.2) is 35.0 Å². The second-order valence-corrected chi connectivity index (χ2v) is 6.03. The average molecular weight is 320 g/mol. The maximum absolute atomic E-state index is 12.7. The highest BCUT2D eigenvalue weighted by molar-refractivity contribution is 6.30. The summed E-state index contributed by atoms with van der Waals surface area (Å²) in [5, 5.41) is 0.694. The lowest BCUT2D eigenvalue weighted by atomic mass is 10.2. The first-order valence-electron chi connectivity index (χ1n) is 7.29. The second kappa shape index (κ2) is 6.55. The van der Waals surface area contributed by atoms with E-state index < -0.39 is 0 Å². The molecule has 0 saturated heterocycles. The largest absolute Gasteiger partial charge is 0.338 e. The summed E-state index contributed by atoms with van der Waals surface area (Å²) in [6, 6.07) is 9.52. The first kappa shape index (κ1) is 16.6. The van der Waals surface area contributed by atoms with E-state index in [-0.39, 0.29) is 11.9 Å². The van der Waals surface area contributed by atoms with E-state index in [1.165, 1.54) is 0 Å². The van der Waals surface area contributed by atoms with Crippen LogP contribution < -0.4 is 5.73 Å². The summed E-state index contributed by atoms with van der Waals surface area (Å²) in [4.78, 5) is 14.3. The average Bonchev–Trinajstić information content (AvgIpc) is 2.81. The van der Waals surface area contributed by atoms with Crippen molar-refractivity contribution in [3.05, 3.63) is 52.3 Å². The third-order valence-corrected chi connectivity index (χ3v) is 4.32. The summed E-state index contributed by atoms with van der Waals surface area (Å²) in [5.41, 5.74) is 9.28. The summed E-state index contributed by atoms with van der Waals surface area (Å²) < 4.78 is 2.06. The highest BCUT2D eigenvalue weighted by atomic mass is 35.5. The zero-order chi connectivity index (χ0) is 16.4. The van der Waals surface area contributed by atoms with Crippen LogP contribution in [0.2, 0.25) is 5.02 Å². The van der Waals surface area contributed by atoms with E-state index in [1.807, 2.05) is 51.1 Å². The van der Waals surface area contributed by atoms with E-state index in [9.17, 15) is 4.79 Å². The Kier molecular flexibility index (Phi) is 4.94. The number of aryl methyl sites for hydroxylation is 1. The number of hydrogen-bond acceptors (Lipinski definition) is 2. The molecule has 1 unspecified atom stereocenters. The Morgan fingerprint density at radius 1 is 1.32 bits per heavy atom. The number of halogens is 1. The van der Waals surface area contributed by atoms with Gasteiger partial charge in [-0.25, -0.2) is 0 Å². The van der Waals surface area contributed by atoms with Crippen molar-refractivity contribution in [2.75, 3.05) is 13.6 Å². The molecule has 2 aromatic rings. The molecule has 0 bridgehead atoms. The predicted octanol–water partition coefficient (Wildman–Crippen LogP) is 3.17. The molecule has 0 spiro atoms. The summed E-state index contributed by atoms with van der Waals surface area (Å²) in [6.07, 6.45) is 0. The van der Waals surface area contributed by atoms with Crippen LogP contribution >= 0.6 is 11.6 Å². The summed E-state index contributed by atoms with van der Waals surface area (Å²) in [7, 11) is 1.79. The number of aromatic nitrogens is 1. The van der Waals surface area contributed by atoms with Gasteiger partial charge in [-0.15, -0.1) is 0 Å². The van der Waals surface area contributed by atoms with Crippen molar-refractivity contribution in [1.29, 1.82) is 0 Å². The van der Waals surface area contributed by atoms with Crippen molar-refractivity contribution in [1.82, 2.24) is 9.47 Å². The fourth-order valence-electron chi connectivity index (χ4n) is 2.52. The lowest BCUT2D eigenvalue weighted by Crippen LogP contribution is -2.39. The molecule has 0 aliphatic heterocycles. The van der Waals surface area contributed by atoms with Gasteiger partial charge in [0, 0.05) is 41.7 Å². The molecule has 0 fully saturated rings. The van der Waals surface area contributed by atoms with E-state index in [1.54, 1.807) is 11.9 Å². The molecule has 0 radical (unpaired) electrons. The monoisotopic (exact) mass is 319 g/mol.